The van der Waals surface area contributed by atoms with Crippen LogP contribution in [0, 0.1) is 10.1 Å². The first-order valence-electron chi connectivity index (χ1n) is 3.85. The molecule has 0 bridgehead atoms. The fraction of sp³-hybridized carbons (Fsp3) is 0. The summed E-state index contributed by atoms with van der Waals surface area (Å²) < 4.78 is 0. The van der Waals surface area contributed by atoms with E-state index in [9.17, 15) is 29.9 Å². The van der Waals surface area contributed by atoms with E-state index >= 15 is 0 Å². The summed E-state index contributed by atoms with van der Waals surface area (Å²) in [7, 11) is 0. The number of anilines is 1. The van der Waals surface area contributed by atoms with Crippen LogP contribution < -0.4 is 15.9 Å². The summed E-state index contributed by atoms with van der Waals surface area (Å²) in [6.07, 6.45) is 0. The topological polar surface area (TPSA) is 149 Å². The number of nitro groups is 1. The van der Waals surface area contributed by atoms with Crippen molar-refractivity contribution < 1.29 is 24.7 Å². The first kappa shape index (κ1) is 11.4. The number of carbonyl (C=O) groups is 2. The maximum absolute atomic E-state index is 10.5. The van der Waals surface area contributed by atoms with Gasteiger partial charge in [-0.25, -0.2) is 0 Å². The smallest absolute Gasteiger partial charge is 0.280 e. The van der Waals surface area contributed by atoms with E-state index in [0.29, 0.717) is 12.1 Å². The Kier molecular flexibility index (Phi) is 2.75. The predicted octanol–water partition coefficient (Wildman–Crippen LogP) is -2.10. The Labute approximate surface area is 88.1 Å². The molecule has 0 fully saturated rings. The van der Waals surface area contributed by atoms with Gasteiger partial charge >= 0.3 is 0 Å². The Hall–Kier alpha value is -2.64. The van der Waals surface area contributed by atoms with Gasteiger partial charge in [-0.1, -0.05) is 0 Å². The number of nitrogens with two attached hydrogens (primary N) is 1. The summed E-state index contributed by atoms with van der Waals surface area (Å²) >= 11 is 0. The number of hydrogen-bond acceptors (Lipinski definition) is 7. The molecule has 0 heterocycles. The Morgan fingerprint density at radius 2 is 1.62 bits per heavy atom. The zero-order valence-corrected chi connectivity index (χ0v) is 7.63. The second-order valence-corrected chi connectivity index (χ2v) is 2.79. The largest absolute Gasteiger partial charge is 0.545 e. The number of carboxylic acid groups (broad SMARTS) is 2. The van der Waals surface area contributed by atoms with Gasteiger partial charge in [-0.05, 0) is 6.07 Å². The second-order valence-electron chi connectivity index (χ2n) is 2.79. The van der Waals surface area contributed by atoms with E-state index in [-0.39, 0.29) is 0 Å². The van der Waals surface area contributed by atoms with Gasteiger partial charge in [-0.2, -0.15) is 0 Å². The monoisotopic (exact) mass is 224 g/mol. The summed E-state index contributed by atoms with van der Waals surface area (Å²) in [6.45, 7) is 0. The van der Waals surface area contributed by atoms with Crippen LogP contribution in [-0.2, 0) is 0 Å². The number of hydrogen-bond donors (Lipinski definition) is 1. The predicted molar refractivity (Wildman–Crippen MR) is 46.2 cm³/mol. The summed E-state index contributed by atoms with van der Waals surface area (Å²) in [6, 6.07) is 1.17. The Morgan fingerprint density at radius 1 is 1.12 bits per heavy atom. The van der Waals surface area contributed by atoms with Crippen molar-refractivity contribution in [1.82, 2.24) is 0 Å². The molecule has 8 nitrogen and oxygen atoms in total. The molecule has 0 radical (unpaired) electrons. The van der Waals surface area contributed by atoms with E-state index in [0.717, 1.165) is 0 Å². The summed E-state index contributed by atoms with van der Waals surface area (Å²) in [5.41, 5.74) is 2.41. The van der Waals surface area contributed by atoms with Crippen molar-refractivity contribution in [2.24, 2.45) is 0 Å². The lowest BCUT2D eigenvalue weighted by Gasteiger charge is -2.10. The highest BCUT2D eigenvalue weighted by molar-refractivity contribution is 5.99. The zero-order valence-electron chi connectivity index (χ0n) is 7.63. The third kappa shape index (κ3) is 1.90. The van der Waals surface area contributed by atoms with E-state index in [1.807, 2.05) is 0 Å². The van der Waals surface area contributed by atoms with Crippen LogP contribution >= 0.6 is 0 Å². The minimum atomic E-state index is -1.87. The average molecular weight is 224 g/mol. The molecule has 8 heteroatoms. The van der Waals surface area contributed by atoms with Crippen LogP contribution in [0.5, 0.6) is 0 Å². The van der Waals surface area contributed by atoms with Gasteiger partial charge in [0.15, 0.2) is 0 Å². The van der Waals surface area contributed by atoms with Gasteiger partial charge in [-0.3, -0.25) is 10.1 Å². The maximum Gasteiger partial charge on any atom is 0.280 e. The van der Waals surface area contributed by atoms with Gasteiger partial charge in [0.2, 0.25) is 0 Å². The fourth-order valence-corrected chi connectivity index (χ4v) is 1.10. The number of aromatic carboxylic acids is 2. The van der Waals surface area contributed by atoms with Crippen LogP contribution in [0.25, 0.3) is 0 Å². The number of nitrogen functional groups attached to an aromatic ring is 1. The van der Waals surface area contributed by atoms with Gasteiger partial charge in [-0.15, -0.1) is 0 Å². The molecule has 0 atom stereocenters. The summed E-state index contributed by atoms with van der Waals surface area (Å²) in [4.78, 5) is 30.5. The van der Waals surface area contributed by atoms with Crippen molar-refractivity contribution in [2.75, 3.05) is 5.73 Å². The van der Waals surface area contributed by atoms with Crippen molar-refractivity contribution in [1.29, 1.82) is 0 Å². The molecule has 0 aliphatic rings. The lowest BCUT2D eigenvalue weighted by molar-refractivity contribution is -0.385. The third-order valence-electron chi connectivity index (χ3n) is 1.80. The third-order valence-corrected chi connectivity index (χ3v) is 1.80. The molecule has 2 N–H and O–H groups in total. The molecule has 0 aromatic heterocycles. The van der Waals surface area contributed by atoms with Crippen LogP contribution in [0.15, 0.2) is 12.1 Å². The lowest BCUT2D eigenvalue weighted by Crippen LogP contribution is -2.27. The van der Waals surface area contributed by atoms with Gasteiger partial charge in [0.25, 0.3) is 5.69 Å². The average Bonchev–Trinajstić information content (AvgIpc) is 2.15. The van der Waals surface area contributed by atoms with Crippen LogP contribution in [0.4, 0.5) is 11.4 Å². The van der Waals surface area contributed by atoms with Gasteiger partial charge in [0.1, 0.15) is 0 Å². The molecule has 0 amide bonds. The highest BCUT2D eigenvalue weighted by atomic mass is 16.6. The summed E-state index contributed by atoms with van der Waals surface area (Å²) in [5, 5.41) is 31.5. The van der Waals surface area contributed by atoms with Crippen LogP contribution in [0.3, 0.4) is 0 Å². The maximum atomic E-state index is 10.5. The zero-order chi connectivity index (χ0) is 12.5. The van der Waals surface area contributed by atoms with E-state index in [1.54, 1.807) is 0 Å². The molecule has 1 rings (SSSR count). The minimum absolute atomic E-state index is 0.447. The molecule has 1 aromatic rings. The first-order valence-corrected chi connectivity index (χ1v) is 3.85. The minimum Gasteiger partial charge on any atom is -0.545 e. The number of nitro benzene ring substituents is 1. The van der Waals surface area contributed by atoms with E-state index in [4.69, 9.17) is 5.73 Å². The molecule has 0 saturated carbocycles. The molecule has 0 aliphatic carbocycles. The molecule has 1 aromatic carbocycles. The molecule has 0 spiro atoms. The van der Waals surface area contributed by atoms with Crippen molar-refractivity contribution in [2.45, 2.75) is 0 Å². The lowest BCUT2D eigenvalue weighted by atomic mass is 10.1. The summed E-state index contributed by atoms with van der Waals surface area (Å²) in [5.74, 6) is -3.59. The van der Waals surface area contributed by atoms with Crippen LogP contribution in [0.2, 0.25) is 0 Å². The number of carbonyl (C=O) groups excluding carboxylic acids is 2. The quantitative estimate of drug-likeness (QED) is 0.351. The number of nitrogens with zero attached hydrogens (tertiary/aromatic N) is 1. The van der Waals surface area contributed by atoms with Crippen LogP contribution in [-0.4, -0.2) is 16.9 Å². The first-order chi connectivity index (χ1) is 7.34. The van der Waals surface area contributed by atoms with Gasteiger partial charge < -0.3 is 25.5 Å². The Balaban J connectivity index is 3.55. The normalized spacial score (nSPS) is 9.75. The standard InChI is InChI=1S/C8H6N2O6/c9-5-2-6(10(15)16)4(8(13)14)1-3(5)7(11)12/h1-2H,9H2,(H,11,12)(H,13,14)/p-2. The van der Waals surface area contributed by atoms with E-state index in [2.05, 4.69) is 0 Å². The van der Waals surface area contributed by atoms with Crippen molar-refractivity contribution in [3.63, 3.8) is 0 Å². The van der Waals surface area contributed by atoms with Crippen molar-refractivity contribution >= 4 is 23.3 Å². The highest BCUT2D eigenvalue weighted by Gasteiger charge is 2.18. The molecular formula is C8H4N2O6-2. The second kappa shape index (κ2) is 3.85. The highest BCUT2D eigenvalue weighted by Crippen LogP contribution is 2.24. The molecular weight excluding hydrogens is 220 g/mol. The van der Waals surface area contributed by atoms with Crippen molar-refractivity contribution in [3.05, 3.63) is 33.4 Å². The molecule has 84 valence electrons. The molecule has 0 unspecified atom stereocenters. The number of rotatable bonds is 3. The SMILES string of the molecule is Nc1cc([N+](=O)[O-])c(C(=O)[O-])cc1C(=O)[O-]. The Bertz CT molecular complexity index is 496. The number of carboxylic acids is 2. The Morgan fingerprint density at radius 3 is 2.00 bits per heavy atom. The van der Waals surface area contributed by atoms with Gasteiger partial charge in [0, 0.05) is 17.3 Å². The van der Waals surface area contributed by atoms with Gasteiger partial charge in [0.05, 0.1) is 22.4 Å². The number of benzene rings is 1. The molecule has 16 heavy (non-hydrogen) atoms. The fourth-order valence-electron chi connectivity index (χ4n) is 1.10. The van der Waals surface area contributed by atoms with Crippen LogP contribution in [0.1, 0.15) is 20.7 Å². The van der Waals surface area contributed by atoms with Crippen molar-refractivity contribution in [3.8, 4) is 0 Å². The van der Waals surface area contributed by atoms with E-state index < -0.39 is 39.4 Å². The molecule has 0 saturated heterocycles. The van der Waals surface area contributed by atoms with E-state index in [1.165, 1.54) is 0 Å². The molecule has 0 aliphatic heterocycles.